The molecule has 0 aliphatic rings. The van der Waals surface area contributed by atoms with E-state index in [2.05, 4.69) is 15.3 Å². The van der Waals surface area contributed by atoms with Crippen LogP contribution in [0.3, 0.4) is 0 Å². The van der Waals surface area contributed by atoms with Crippen molar-refractivity contribution in [3.63, 3.8) is 0 Å². The number of nitrogens with zero attached hydrogens (tertiary/aromatic N) is 2. The first-order chi connectivity index (χ1) is 11.7. The highest BCUT2D eigenvalue weighted by atomic mass is 35.5. The molecule has 3 rings (SSSR count). The van der Waals surface area contributed by atoms with Crippen molar-refractivity contribution < 1.29 is 4.79 Å². The van der Waals surface area contributed by atoms with Crippen LogP contribution in [0.1, 0.15) is 16.1 Å². The molecule has 1 N–H and O–H groups in total. The zero-order valence-corrected chi connectivity index (χ0v) is 14.2. The van der Waals surface area contributed by atoms with E-state index in [9.17, 15) is 4.79 Å². The second-order valence-electron chi connectivity index (χ2n) is 4.96. The Kier molecular flexibility index (Phi) is 5.46. The number of benzene rings is 1. The maximum absolute atomic E-state index is 12.5. The monoisotopic (exact) mass is 355 g/mol. The van der Waals surface area contributed by atoms with Crippen LogP contribution in [0.4, 0.5) is 5.69 Å². The summed E-state index contributed by atoms with van der Waals surface area (Å²) in [5, 5.41) is 3.47. The second kappa shape index (κ2) is 7.95. The van der Waals surface area contributed by atoms with Gasteiger partial charge in [-0.1, -0.05) is 11.6 Å². The minimum Gasteiger partial charge on any atom is -0.321 e. The number of pyridine rings is 2. The van der Waals surface area contributed by atoms with E-state index in [1.54, 1.807) is 54.6 Å². The Hall–Kier alpha value is -2.37. The summed E-state index contributed by atoms with van der Waals surface area (Å²) in [4.78, 5) is 21.6. The standard InChI is InChI=1S/C18H14ClN3OS/c19-14-3-5-15(6-4-14)22-18(23)17-16(2-1-9-21-17)24-12-13-7-10-20-11-8-13/h1-11H,12H2,(H,22,23). The number of thioether (sulfide) groups is 1. The number of aromatic nitrogens is 2. The Morgan fingerprint density at radius 1 is 1.04 bits per heavy atom. The van der Waals surface area contributed by atoms with Crippen LogP contribution in [0.2, 0.25) is 5.02 Å². The molecule has 0 saturated carbocycles. The molecule has 0 aliphatic heterocycles. The minimum absolute atomic E-state index is 0.241. The quantitative estimate of drug-likeness (QED) is 0.675. The molecule has 0 spiro atoms. The zero-order valence-electron chi connectivity index (χ0n) is 12.6. The number of carbonyl (C=O) groups excluding carboxylic acids is 1. The van der Waals surface area contributed by atoms with Gasteiger partial charge in [0.25, 0.3) is 5.91 Å². The number of hydrogen-bond acceptors (Lipinski definition) is 4. The number of anilines is 1. The van der Waals surface area contributed by atoms with E-state index < -0.39 is 0 Å². The summed E-state index contributed by atoms with van der Waals surface area (Å²) in [6.45, 7) is 0. The fourth-order valence-corrected chi connectivity index (χ4v) is 3.14. The lowest BCUT2D eigenvalue weighted by Gasteiger charge is -2.09. The van der Waals surface area contributed by atoms with Crippen LogP contribution in [0.25, 0.3) is 0 Å². The molecular weight excluding hydrogens is 342 g/mol. The van der Waals surface area contributed by atoms with Crippen molar-refractivity contribution in [3.8, 4) is 0 Å². The highest BCUT2D eigenvalue weighted by molar-refractivity contribution is 7.98. The third-order valence-corrected chi connectivity index (χ3v) is 4.60. The topological polar surface area (TPSA) is 54.9 Å². The van der Waals surface area contributed by atoms with E-state index in [1.807, 2.05) is 24.3 Å². The van der Waals surface area contributed by atoms with Gasteiger partial charge in [-0.05, 0) is 54.1 Å². The van der Waals surface area contributed by atoms with Crippen molar-refractivity contribution in [1.82, 2.24) is 9.97 Å². The molecule has 0 aliphatic carbocycles. The van der Waals surface area contributed by atoms with Gasteiger partial charge in [0, 0.05) is 39.9 Å². The third-order valence-electron chi connectivity index (χ3n) is 3.23. The fourth-order valence-electron chi connectivity index (χ4n) is 2.04. The Morgan fingerprint density at radius 2 is 1.79 bits per heavy atom. The third kappa shape index (κ3) is 4.34. The maximum atomic E-state index is 12.5. The van der Waals surface area contributed by atoms with Crippen LogP contribution in [0, 0.1) is 0 Å². The van der Waals surface area contributed by atoms with Gasteiger partial charge in [-0.2, -0.15) is 0 Å². The largest absolute Gasteiger partial charge is 0.321 e. The molecule has 1 aromatic carbocycles. The fraction of sp³-hybridized carbons (Fsp3) is 0.0556. The molecule has 0 saturated heterocycles. The lowest BCUT2D eigenvalue weighted by atomic mass is 10.3. The van der Waals surface area contributed by atoms with Crippen LogP contribution in [0.15, 0.2) is 72.0 Å². The molecule has 0 bridgehead atoms. The molecular formula is C18H14ClN3OS. The molecule has 0 unspecified atom stereocenters. The van der Waals surface area contributed by atoms with E-state index in [-0.39, 0.29) is 5.91 Å². The molecule has 24 heavy (non-hydrogen) atoms. The molecule has 2 heterocycles. The maximum Gasteiger partial charge on any atom is 0.275 e. The van der Waals surface area contributed by atoms with Crippen molar-refractivity contribution in [2.24, 2.45) is 0 Å². The summed E-state index contributed by atoms with van der Waals surface area (Å²) in [5.74, 6) is 0.505. The Balaban J connectivity index is 1.73. The number of nitrogens with one attached hydrogen (secondary N) is 1. The van der Waals surface area contributed by atoms with Crippen molar-refractivity contribution in [1.29, 1.82) is 0 Å². The highest BCUT2D eigenvalue weighted by Crippen LogP contribution is 2.25. The number of hydrogen-bond donors (Lipinski definition) is 1. The van der Waals surface area contributed by atoms with Crippen LogP contribution < -0.4 is 5.32 Å². The Labute approximate surface area is 149 Å². The van der Waals surface area contributed by atoms with Gasteiger partial charge in [0.2, 0.25) is 0 Å². The summed E-state index contributed by atoms with van der Waals surface area (Å²) >= 11 is 7.43. The van der Waals surface area contributed by atoms with Gasteiger partial charge in [-0.3, -0.25) is 9.78 Å². The molecule has 0 radical (unpaired) electrons. The smallest absolute Gasteiger partial charge is 0.275 e. The molecule has 0 atom stereocenters. The first kappa shape index (κ1) is 16.5. The summed E-state index contributed by atoms with van der Waals surface area (Å²) in [7, 11) is 0. The van der Waals surface area contributed by atoms with Crippen LogP contribution in [0.5, 0.6) is 0 Å². The van der Waals surface area contributed by atoms with Crippen molar-refractivity contribution in [2.45, 2.75) is 10.6 Å². The number of rotatable bonds is 5. The summed E-state index contributed by atoms with van der Waals surface area (Å²) in [6.07, 6.45) is 5.13. The van der Waals surface area contributed by atoms with E-state index in [0.717, 1.165) is 16.2 Å². The average molecular weight is 356 g/mol. The zero-order chi connectivity index (χ0) is 16.8. The van der Waals surface area contributed by atoms with Crippen LogP contribution in [-0.2, 0) is 5.75 Å². The van der Waals surface area contributed by atoms with Crippen molar-refractivity contribution in [3.05, 3.63) is 83.4 Å². The lowest BCUT2D eigenvalue weighted by molar-refractivity contribution is 0.101. The van der Waals surface area contributed by atoms with E-state index in [0.29, 0.717) is 16.4 Å². The van der Waals surface area contributed by atoms with E-state index >= 15 is 0 Å². The molecule has 6 heteroatoms. The first-order valence-corrected chi connectivity index (χ1v) is 8.62. The highest BCUT2D eigenvalue weighted by Gasteiger charge is 2.13. The number of halogens is 1. The molecule has 2 aromatic heterocycles. The van der Waals surface area contributed by atoms with Gasteiger partial charge < -0.3 is 5.32 Å². The predicted molar refractivity (Wildman–Crippen MR) is 97.4 cm³/mol. The van der Waals surface area contributed by atoms with Crippen LogP contribution in [-0.4, -0.2) is 15.9 Å². The van der Waals surface area contributed by atoms with Crippen molar-refractivity contribution >= 4 is 35.0 Å². The van der Waals surface area contributed by atoms with Gasteiger partial charge in [0.05, 0.1) is 0 Å². The van der Waals surface area contributed by atoms with Crippen molar-refractivity contribution in [2.75, 3.05) is 5.32 Å². The molecule has 0 fully saturated rings. The Morgan fingerprint density at radius 3 is 2.54 bits per heavy atom. The van der Waals surface area contributed by atoms with Crippen LogP contribution >= 0.6 is 23.4 Å². The normalized spacial score (nSPS) is 10.4. The molecule has 120 valence electrons. The van der Waals surface area contributed by atoms with Gasteiger partial charge >= 0.3 is 0 Å². The lowest BCUT2D eigenvalue weighted by Crippen LogP contribution is -2.14. The van der Waals surface area contributed by atoms with E-state index in [1.165, 1.54) is 0 Å². The van der Waals surface area contributed by atoms with Gasteiger partial charge in [-0.25, -0.2) is 4.98 Å². The summed E-state index contributed by atoms with van der Waals surface area (Å²) in [5.41, 5.74) is 2.23. The first-order valence-electron chi connectivity index (χ1n) is 7.26. The Bertz CT molecular complexity index is 825. The van der Waals surface area contributed by atoms with Gasteiger partial charge in [0.1, 0.15) is 5.69 Å². The average Bonchev–Trinajstić information content (AvgIpc) is 2.63. The molecule has 4 nitrogen and oxygen atoms in total. The summed E-state index contributed by atoms with van der Waals surface area (Å²) in [6, 6.07) is 14.6. The number of amides is 1. The van der Waals surface area contributed by atoms with Gasteiger partial charge in [0.15, 0.2) is 0 Å². The second-order valence-corrected chi connectivity index (χ2v) is 6.41. The SMILES string of the molecule is O=C(Nc1ccc(Cl)cc1)c1ncccc1SCc1ccncc1. The molecule has 1 amide bonds. The van der Waals surface area contributed by atoms with Gasteiger partial charge in [-0.15, -0.1) is 11.8 Å². The summed E-state index contributed by atoms with van der Waals surface area (Å²) < 4.78 is 0. The predicted octanol–water partition coefficient (Wildman–Crippen LogP) is 4.67. The molecule has 3 aromatic rings. The minimum atomic E-state index is -0.241. The number of carbonyl (C=O) groups is 1. The van der Waals surface area contributed by atoms with E-state index in [4.69, 9.17) is 11.6 Å².